The van der Waals surface area contributed by atoms with Crippen molar-refractivity contribution in [2.24, 2.45) is 5.92 Å². The van der Waals surface area contributed by atoms with E-state index in [-0.39, 0.29) is 23.9 Å². The third kappa shape index (κ3) is 3.63. The van der Waals surface area contributed by atoms with Gasteiger partial charge in [-0.2, -0.15) is 4.31 Å². The largest absolute Gasteiger partial charge is 0.481 e. The van der Waals surface area contributed by atoms with Gasteiger partial charge in [-0.05, 0) is 24.1 Å². The molecule has 1 fully saturated rings. The van der Waals surface area contributed by atoms with Crippen molar-refractivity contribution in [2.75, 3.05) is 13.1 Å². The van der Waals surface area contributed by atoms with Crippen LogP contribution in [0.3, 0.4) is 0 Å². The molecule has 0 aromatic heterocycles. The molecule has 0 radical (unpaired) electrons. The number of carbonyl (C=O) groups is 2. The molecule has 0 saturated carbocycles. The second kappa shape index (κ2) is 6.45. The van der Waals surface area contributed by atoms with E-state index in [1.165, 1.54) is 23.4 Å². The summed E-state index contributed by atoms with van der Waals surface area (Å²) in [4.78, 5) is 21.9. The number of amides is 1. The lowest BCUT2D eigenvalue weighted by Gasteiger charge is -2.16. The zero-order valence-corrected chi connectivity index (χ0v) is 13.0. The molecule has 22 heavy (non-hydrogen) atoms. The number of hydrogen-bond donors (Lipinski definition) is 2. The fourth-order valence-electron chi connectivity index (χ4n) is 2.30. The Bertz CT molecular complexity index is 669. The summed E-state index contributed by atoms with van der Waals surface area (Å²) >= 11 is 0. The monoisotopic (exact) mass is 326 g/mol. The van der Waals surface area contributed by atoms with Crippen LogP contribution in [0.15, 0.2) is 29.2 Å². The van der Waals surface area contributed by atoms with Gasteiger partial charge in [0.05, 0.1) is 10.8 Å². The minimum atomic E-state index is -3.67. The van der Waals surface area contributed by atoms with Gasteiger partial charge in [-0.3, -0.25) is 9.59 Å². The SMILES string of the molecule is CC(=O)NCc1ccc(S(=O)(=O)N2CCC(C(=O)O)C2)cc1. The van der Waals surface area contributed by atoms with Gasteiger partial charge in [0.25, 0.3) is 0 Å². The number of sulfonamides is 1. The van der Waals surface area contributed by atoms with Crippen LogP contribution in [0.5, 0.6) is 0 Å². The van der Waals surface area contributed by atoms with Gasteiger partial charge in [0.15, 0.2) is 0 Å². The predicted octanol–water partition coefficient (Wildman–Crippen LogP) is 0.418. The summed E-state index contributed by atoms with van der Waals surface area (Å²) in [5, 5.41) is 11.6. The molecular formula is C14H18N2O5S. The van der Waals surface area contributed by atoms with E-state index in [1.807, 2.05) is 0 Å². The maximum absolute atomic E-state index is 12.4. The van der Waals surface area contributed by atoms with Crippen molar-refractivity contribution >= 4 is 21.9 Å². The maximum atomic E-state index is 12.4. The summed E-state index contributed by atoms with van der Waals surface area (Å²) in [5.74, 6) is -1.77. The summed E-state index contributed by atoms with van der Waals surface area (Å²) < 4.78 is 26.1. The molecular weight excluding hydrogens is 308 g/mol. The van der Waals surface area contributed by atoms with Gasteiger partial charge in [-0.25, -0.2) is 8.42 Å². The molecule has 1 aromatic carbocycles. The van der Waals surface area contributed by atoms with Gasteiger partial charge in [0.1, 0.15) is 0 Å². The number of benzene rings is 1. The van der Waals surface area contributed by atoms with E-state index in [1.54, 1.807) is 12.1 Å². The average Bonchev–Trinajstić information content (AvgIpc) is 2.96. The van der Waals surface area contributed by atoms with Crippen molar-refractivity contribution in [3.05, 3.63) is 29.8 Å². The number of rotatable bonds is 5. The van der Waals surface area contributed by atoms with E-state index in [0.29, 0.717) is 13.0 Å². The molecule has 1 aliphatic heterocycles. The molecule has 2 N–H and O–H groups in total. The first-order valence-electron chi connectivity index (χ1n) is 6.87. The number of hydrogen-bond acceptors (Lipinski definition) is 4. The van der Waals surface area contributed by atoms with E-state index >= 15 is 0 Å². The van der Waals surface area contributed by atoms with Crippen molar-refractivity contribution in [3.8, 4) is 0 Å². The summed E-state index contributed by atoms with van der Waals surface area (Å²) in [5.41, 5.74) is 0.791. The van der Waals surface area contributed by atoms with E-state index in [4.69, 9.17) is 5.11 Å². The van der Waals surface area contributed by atoms with Crippen molar-refractivity contribution < 1.29 is 23.1 Å². The number of carboxylic acids is 1. The van der Waals surface area contributed by atoms with Crippen LogP contribution in [0, 0.1) is 5.92 Å². The first-order chi connectivity index (χ1) is 10.3. The topological polar surface area (TPSA) is 104 Å². The minimum Gasteiger partial charge on any atom is -0.481 e. The Kier molecular flexibility index (Phi) is 4.82. The van der Waals surface area contributed by atoms with Crippen LogP contribution in [0.2, 0.25) is 0 Å². The number of carbonyl (C=O) groups excluding carboxylic acids is 1. The second-order valence-corrected chi connectivity index (χ2v) is 7.18. The highest BCUT2D eigenvalue weighted by atomic mass is 32.2. The van der Waals surface area contributed by atoms with Gasteiger partial charge in [-0.15, -0.1) is 0 Å². The van der Waals surface area contributed by atoms with Gasteiger partial charge < -0.3 is 10.4 Å². The number of carboxylic acid groups (broad SMARTS) is 1. The van der Waals surface area contributed by atoms with Crippen LogP contribution in [-0.4, -0.2) is 42.8 Å². The van der Waals surface area contributed by atoms with E-state index < -0.39 is 21.9 Å². The van der Waals surface area contributed by atoms with Crippen molar-refractivity contribution in [1.29, 1.82) is 0 Å². The maximum Gasteiger partial charge on any atom is 0.307 e. The van der Waals surface area contributed by atoms with Crippen LogP contribution in [0.4, 0.5) is 0 Å². The van der Waals surface area contributed by atoms with Crippen LogP contribution in [-0.2, 0) is 26.2 Å². The molecule has 0 bridgehead atoms. The molecule has 1 saturated heterocycles. The van der Waals surface area contributed by atoms with Crippen molar-refractivity contribution in [2.45, 2.75) is 24.8 Å². The van der Waals surface area contributed by atoms with Crippen LogP contribution < -0.4 is 5.32 Å². The quantitative estimate of drug-likeness (QED) is 0.816. The van der Waals surface area contributed by atoms with E-state index in [9.17, 15) is 18.0 Å². The first-order valence-corrected chi connectivity index (χ1v) is 8.31. The molecule has 2 rings (SSSR count). The number of aliphatic carboxylic acids is 1. The summed E-state index contributed by atoms with van der Waals surface area (Å²) in [6.07, 6.45) is 0.329. The predicted molar refractivity (Wildman–Crippen MR) is 78.5 cm³/mol. The van der Waals surface area contributed by atoms with Gasteiger partial charge in [-0.1, -0.05) is 12.1 Å². The molecule has 1 amide bonds. The fraction of sp³-hybridized carbons (Fsp3) is 0.429. The Balaban J connectivity index is 2.10. The third-order valence-corrected chi connectivity index (χ3v) is 5.48. The number of nitrogens with one attached hydrogen (secondary N) is 1. The molecule has 1 aliphatic rings. The third-order valence-electron chi connectivity index (χ3n) is 3.60. The molecule has 0 aliphatic carbocycles. The van der Waals surface area contributed by atoms with Crippen molar-refractivity contribution in [3.63, 3.8) is 0 Å². The highest BCUT2D eigenvalue weighted by Gasteiger charge is 2.35. The number of nitrogens with zero attached hydrogens (tertiary/aromatic N) is 1. The Hall–Kier alpha value is -1.93. The molecule has 8 heteroatoms. The molecule has 1 atom stereocenters. The average molecular weight is 326 g/mol. The second-order valence-electron chi connectivity index (χ2n) is 5.24. The highest BCUT2D eigenvalue weighted by Crippen LogP contribution is 2.24. The van der Waals surface area contributed by atoms with Gasteiger partial charge >= 0.3 is 5.97 Å². The van der Waals surface area contributed by atoms with Crippen LogP contribution in [0.1, 0.15) is 18.9 Å². The van der Waals surface area contributed by atoms with Crippen LogP contribution >= 0.6 is 0 Å². The lowest BCUT2D eigenvalue weighted by atomic mass is 10.1. The standard InChI is InChI=1S/C14H18N2O5S/c1-10(17)15-8-11-2-4-13(5-3-11)22(20,21)16-7-6-12(9-16)14(18)19/h2-5,12H,6-9H2,1H3,(H,15,17)(H,18,19). The summed E-state index contributed by atoms with van der Waals surface area (Å²) in [6, 6.07) is 6.21. The van der Waals surface area contributed by atoms with Crippen LogP contribution in [0.25, 0.3) is 0 Å². The van der Waals surface area contributed by atoms with Gasteiger partial charge in [0, 0.05) is 26.6 Å². The lowest BCUT2D eigenvalue weighted by molar-refractivity contribution is -0.141. The Morgan fingerprint density at radius 3 is 2.45 bits per heavy atom. The summed E-state index contributed by atoms with van der Waals surface area (Å²) in [6.45, 7) is 1.96. The zero-order valence-electron chi connectivity index (χ0n) is 12.2. The highest BCUT2D eigenvalue weighted by molar-refractivity contribution is 7.89. The minimum absolute atomic E-state index is 0.00527. The fourth-order valence-corrected chi connectivity index (χ4v) is 3.80. The summed E-state index contributed by atoms with van der Waals surface area (Å²) in [7, 11) is -3.67. The normalized spacial score (nSPS) is 19.0. The smallest absolute Gasteiger partial charge is 0.307 e. The van der Waals surface area contributed by atoms with E-state index in [2.05, 4.69) is 5.32 Å². The zero-order chi connectivity index (χ0) is 16.3. The Morgan fingerprint density at radius 2 is 1.95 bits per heavy atom. The molecule has 1 heterocycles. The lowest BCUT2D eigenvalue weighted by Crippen LogP contribution is -2.30. The molecule has 0 spiro atoms. The van der Waals surface area contributed by atoms with Gasteiger partial charge in [0.2, 0.25) is 15.9 Å². The Morgan fingerprint density at radius 1 is 1.32 bits per heavy atom. The molecule has 1 unspecified atom stereocenters. The van der Waals surface area contributed by atoms with Crippen molar-refractivity contribution in [1.82, 2.24) is 9.62 Å². The molecule has 1 aromatic rings. The first kappa shape index (κ1) is 16.4. The molecule has 120 valence electrons. The Labute approximate surface area is 129 Å². The van der Waals surface area contributed by atoms with E-state index in [0.717, 1.165) is 5.56 Å². The molecule has 7 nitrogen and oxygen atoms in total.